The average molecular weight is 281 g/mol. The molecule has 0 amide bonds. The Balaban J connectivity index is 1.74. The Labute approximate surface area is 121 Å². The number of rotatable bonds is 7. The molecule has 0 aromatic carbocycles. The Hall–Kier alpha value is -0.610. The lowest BCUT2D eigenvalue weighted by molar-refractivity contribution is 0.173. The molecular weight excluding hydrogens is 254 g/mol. The predicted octanol–water partition coefficient (Wildman–Crippen LogP) is 3.98. The van der Waals surface area contributed by atoms with Crippen LogP contribution in [0.2, 0.25) is 0 Å². The van der Waals surface area contributed by atoms with Gasteiger partial charge in [0.15, 0.2) is 5.13 Å². The third-order valence-electron chi connectivity index (χ3n) is 3.86. The van der Waals surface area contributed by atoms with E-state index in [-0.39, 0.29) is 0 Å². The minimum absolute atomic E-state index is 0.976. The number of nitrogens with one attached hydrogen (secondary N) is 1. The summed E-state index contributed by atoms with van der Waals surface area (Å²) in [6.45, 7) is 9.12. The zero-order valence-corrected chi connectivity index (χ0v) is 13.1. The van der Waals surface area contributed by atoms with E-state index in [1.807, 2.05) is 17.5 Å². The molecule has 1 aliphatic heterocycles. The van der Waals surface area contributed by atoms with Crippen LogP contribution in [0.1, 0.15) is 50.8 Å². The van der Waals surface area contributed by atoms with Gasteiger partial charge in [0, 0.05) is 24.2 Å². The zero-order valence-electron chi connectivity index (χ0n) is 12.3. The van der Waals surface area contributed by atoms with Crippen LogP contribution >= 0.6 is 11.3 Å². The van der Waals surface area contributed by atoms with Gasteiger partial charge in [-0.15, -0.1) is 11.3 Å². The summed E-state index contributed by atoms with van der Waals surface area (Å²) in [5, 5.41) is 4.45. The Kier molecular flexibility index (Phi) is 6.11. The first kappa shape index (κ1) is 14.8. The number of likely N-dealkylation sites (tertiary alicyclic amines) is 1. The largest absolute Gasteiger partial charge is 0.362 e. The molecule has 0 atom stereocenters. The molecule has 4 heteroatoms. The molecular formula is C15H27N3S. The van der Waals surface area contributed by atoms with E-state index in [2.05, 4.69) is 29.0 Å². The molecule has 0 unspecified atom stereocenters. The van der Waals surface area contributed by atoms with Crippen LogP contribution in [0.15, 0.2) is 6.20 Å². The average Bonchev–Trinajstić information content (AvgIpc) is 2.87. The molecule has 3 nitrogen and oxygen atoms in total. The van der Waals surface area contributed by atoms with Crippen molar-refractivity contribution < 1.29 is 0 Å². The number of anilines is 1. The lowest BCUT2D eigenvalue weighted by atomic mass is 9.92. The van der Waals surface area contributed by atoms with Crippen molar-refractivity contribution >= 4 is 16.5 Å². The number of hydrogen-bond acceptors (Lipinski definition) is 4. The maximum absolute atomic E-state index is 4.44. The molecule has 0 saturated carbocycles. The van der Waals surface area contributed by atoms with Gasteiger partial charge in [0.25, 0.3) is 0 Å². The molecule has 1 aromatic rings. The van der Waals surface area contributed by atoms with E-state index in [4.69, 9.17) is 0 Å². The van der Waals surface area contributed by atoms with E-state index >= 15 is 0 Å². The lowest BCUT2D eigenvalue weighted by Crippen LogP contribution is -2.32. The molecule has 0 bridgehead atoms. The summed E-state index contributed by atoms with van der Waals surface area (Å²) < 4.78 is 0. The fourth-order valence-electron chi connectivity index (χ4n) is 2.76. The summed E-state index contributed by atoms with van der Waals surface area (Å²) in [4.78, 5) is 8.43. The van der Waals surface area contributed by atoms with E-state index in [1.54, 1.807) is 0 Å². The summed E-state index contributed by atoms with van der Waals surface area (Å²) in [5.74, 6) is 0.976. The Morgan fingerprint density at radius 1 is 1.32 bits per heavy atom. The van der Waals surface area contributed by atoms with Crippen LogP contribution in [0.3, 0.4) is 0 Å². The van der Waals surface area contributed by atoms with Crippen LogP contribution in [0, 0.1) is 5.92 Å². The summed E-state index contributed by atoms with van der Waals surface area (Å²) >= 11 is 1.81. The zero-order chi connectivity index (χ0) is 13.5. The van der Waals surface area contributed by atoms with Gasteiger partial charge in [-0.05, 0) is 38.3 Å². The van der Waals surface area contributed by atoms with Crippen LogP contribution in [-0.2, 0) is 6.54 Å². The van der Waals surface area contributed by atoms with Crippen molar-refractivity contribution in [1.82, 2.24) is 9.88 Å². The summed E-state index contributed by atoms with van der Waals surface area (Å²) in [5.41, 5.74) is 0. The Morgan fingerprint density at radius 3 is 2.79 bits per heavy atom. The van der Waals surface area contributed by atoms with Crippen molar-refractivity contribution in [2.24, 2.45) is 5.92 Å². The summed E-state index contributed by atoms with van der Waals surface area (Å²) in [6, 6.07) is 0. The highest BCUT2D eigenvalue weighted by Gasteiger charge is 2.19. The molecule has 1 aliphatic rings. The quantitative estimate of drug-likeness (QED) is 0.819. The third kappa shape index (κ3) is 4.77. The predicted molar refractivity (Wildman–Crippen MR) is 83.8 cm³/mol. The maximum atomic E-state index is 4.44. The monoisotopic (exact) mass is 281 g/mol. The van der Waals surface area contributed by atoms with Crippen LogP contribution < -0.4 is 5.32 Å². The lowest BCUT2D eigenvalue weighted by Gasteiger charge is -2.31. The normalized spacial score (nSPS) is 17.8. The highest BCUT2D eigenvalue weighted by molar-refractivity contribution is 7.15. The van der Waals surface area contributed by atoms with Gasteiger partial charge in [-0.1, -0.05) is 26.7 Å². The maximum Gasteiger partial charge on any atom is 0.182 e. The molecule has 0 aliphatic carbocycles. The van der Waals surface area contributed by atoms with Gasteiger partial charge in [-0.3, -0.25) is 4.90 Å². The molecule has 2 rings (SSSR count). The van der Waals surface area contributed by atoms with Gasteiger partial charge in [0.05, 0.1) is 0 Å². The topological polar surface area (TPSA) is 28.2 Å². The van der Waals surface area contributed by atoms with Gasteiger partial charge >= 0.3 is 0 Å². The van der Waals surface area contributed by atoms with Crippen LogP contribution in [-0.4, -0.2) is 29.5 Å². The second kappa shape index (κ2) is 7.85. The molecule has 19 heavy (non-hydrogen) atoms. The molecule has 0 radical (unpaired) electrons. The molecule has 108 valence electrons. The van der Waals surface area contributed by atoms with Crippen molar-refractivity contribution in [3.8, 4) is 0 Å². The van der Waals surface area contributed by atoms with Crippen molar-refractivity contribution in [2.45, 2.75) is 52.5 Å². The molecule has 1 N–H and O–H groups in total. The van der Waals surface area contributed by atoms with E-state index in [9.17, 15) is 0 Å². The molecule has 2 heterocycles. The SMILES string of the molecule is CCCNc1ncc(CN2CCC(CCC)CC2)s1. The third-order valence-corrected chi connectivity index (χ3v) is 4.80. The molecule has 1 saturated heterocycles. The number of aromatic nitrogens is 1. The van der Waals surface area contributed by atoms with E-state index in [1.165, 1.54) is 43.6 Å². The number of thiazole rings is 1. The number of nitrogens with zero attached hydrogens (tertiary/aromatic N) is 2. The van der Waals surface area contributed by atoms with Gasteiger partial charge in [-0.25, -0.2) is 4.98 Å². The first-order valence-electron chi connectivity index (χ1n) is 7.72. The highest BCUT2D eigenvalue weighted by atomic mass is 32.1. The van der Waals surface area contributed by atoms with Gasteiger partial charge in [0.2, 0.25) is 0 Å². The van der Waals surface area contributed by atoms with Crippen LogP contribution in [0.4, 0.5) is 5.13 Å². The first-order chi connectivity index (χ1) is 9.31. The molecule has 0 spiro atoms. The first-order valence-corrected chi connectivity index (χ1v) is 8.54. The number of hydrogen-bond donors (Lipinski definition) is 1. The molecule has 1 fully saturated rings. The Morgan fingerprint density at radius 2 is 2.11 bits per heavy atom. The van der Waals surface area contributed by atoms with Crippen LogP contribution in [0.5, 0.6) is 0 Å². The van der Waals surface area contributed by atoms with Gasteiger partial charge in [0.1, 0.15) is 0 Å². The highest BCUT2D eigenvalue weighted by Crippen LogP contribution is 2.25. The standard InChI is InChI=1S/C15H27N3S/c1-3-5-13-6-9-18(10-7-13)12-14-11-17-15(19-14)16-8-4-2/h11,13H,3-10,12H2,1-2H3,(H,16,17). The van der Waals surface area contributed by atoms with Gasteiger partial charge < -0.3 is 5.32 Å². The second-order valence-corrected chi connectivity index (χ2v) is 6.68. The molecule has 1 aromatic heterocycles. The fourth-order valence-corrected chi connectivity index (χ4v) is 3.64. The smallest absolute Gasteiger partial charge is 0.182 e. The van der Waals surface area contributed by atoms with Crippen LogP contribution in [0.25, 0.3) is 0 Å². The minimum Gasteiger partial charge on any atom is -0.362 e. The number of piperidine rings is 1. The minimum atomic E-state index is 0.976. The Bertz CT molecular complexity index is 356. The van der Waals surface area contributed by atoms with Crippen molar-refractivity contribution in [3.05, 3.63) is 11.1 Å². The van der Waals surface area contributed by atoms with Gasteiger partial charge in [-0.2, -0.15) is 0 Å². The van der Waals surface area contributed by atoms with E-state index < -0.39 is 0 Å². The van der Waals surface area contributed by atoms with E-state index in [0.717, 1.165) is 30.6 Å². The summed E-state index contributed by atoms with van der Waals surface area (Å²) in [7, 11) is 0. The second-order valence-electron chi connectivity index (χ2n) is 5.57. The summed E-state index contributed by atoms with van der Waals surface area (Å²) in [6.07, 6.45) is 8.72. The van der Waals surface area contributed by atoms with E-state index in [0.29, 0.717) is 0 Å². The van der Waals surface area contributed by atoms with Crippen molar-refractivity contribution in [1.29, 1.82) is 0 Å². The van der Waals surface area contributed by atoms with Crippen molar-refractivity contribution in [2.75, 3.05) is 25.0 Å². The fraction of sp³-hybridized carbons (Fsp3) is 0.800. The van der Waals surface area contributed by atoms with Crippen molar-refractivity contribution in [3.63, 3.8) is 0 Å².